The number of nitrogens with zero attached hydrogens (tertiary/aromatic N) is 1. The molecule has 3 unspecified atom stereocenters. The second-order valence-corrected chi connectivity index (χ2v) is 10.4. The van der Waals surface area contributed by atoms with Crippen molar-refractivity contribution in [2.75, 3.05) is 13.1 Å². The van der Waals surface area contributed by atoms with Gasteiger partial charge in [0.2, 0.25) is 11.8 Å². The minimum Gasteiger partial charge on any atom is -0.480 e. The van der Waals surface area contributed by atoms with Gasteiger partial charge in [-0.25, -0.2) is 4.79 Å². The summed E-state index contributed by atoms with van der Waals surface area (Å²) in [6.07, 6.45) is 23.7. The van der Waals surface area contributed by atoms with Crippen LogP contribution in [0.5, 0.6) is 0 Å². The van der Waals surface area contributed by atoms with E-state index in [4.69, 9.17) is 0 Å². The second-order valence-electron chi connectivity index (χ2n) is 10.4. The Balaban J connectivity index is 2.00. The van der Waals surface area contributed by atoms with Crippen molar-refractivity contribution in [1.29, 1.82) is 0 Å². The highest BCUT2D eigenvalue weighted by Gasteiger charge is 2.36. The average Bonchev–Trinajstić information content (AvgIpc) is 3.35. The molecule has 36 heavy (non-hydrogen) atoms. The van der Waals surface area contributed by atoms with Crippen molar-refractivity contribution in [3.63, 3.8) is 0 Å². The summed E-state index contributed by atoms with van der Waals surface area (Å²) in [5, 5.41) is 15.2. The van der Waals surface area contributed by atoms with Gasteiger partial charge in [0.15, 0.2) is 0 Å². The molecule has 208 valence electrons. The maximum Gasteiger partial charge on any atom is 0.326 e. The maximum atomic E-state index is 12.6. The molecular weight excluding hydrogens is 454 g/mol. The van der Waals surface area contributed by atoms with E-state index in [9.17, 15) is 19.5 Å². The van der Waals surface area contributed by atoms with Crippen LogP contribution in [0, 0.1) is 0 Å². The number of carboxylic acids is 1. The lowest BCUT2D eigenvalue weighted by atomic mass is 10.1. The molecule has 0 bridgehead atoms. The second kappa shape index (κ2) is 20.2. The van der Waals surface area contributed by atoms with Gasteiger partial charge in [0.05, 0.1) is 6.04 Å². The number of amides is 2. The fourth-order valence-corrected chi connectivity index (χ4v) is 4.72. The first-order valence-corrected chi connectivity index (χ1v) is 14.6. The summed E-state index contributed by atoms with van der Waals surface area (Å²) in [6, 6.07) is -1.90. The predicted octanol–water partition coefficient (Wildman–Crippen LogP) is 5.58. The minimum absolute atomic E-state index is 0.230. The number of carbonyl (C=O) groups is 3. The molecule has 1 rings (SSSR count). The molecule has 0 saturated carbocycles. The third-order valence-corrected chi connectivity index (χ3v) is 7.08. The monoisotopic (exact) mass is 507 g/mol. The van der Waals surface area contributed by atoms with Gasteiger partial charge in [-0.2, -0.15) is 0 Å². The molecule has 1 heterocycles. The number of nitrogens with one attached hydrogen (secondary N) is 2. The number of aliphatic carboxylic acids is 1. The van der Waals surface area contributed by atoms with E-state index < -0.39 is 24.1 Å². The molecule has 3 N–H and O–H groups in total. The molecule has 3 atom stereocenters. The highest BCUT2D eigenvalue weighted by molar-refractivity contribution is 5.91. The molecular formula is C29H53N3O4. The predicted molar refractivity (Wildman–Crippen MR) is 147 cm³/mol. The van der Waals surface area contributed by atoms with Crippen molar-refractivity contribution >= 4 is 17.8 Å². The number of hydrogen-bond acceptors (Lipinski definition) is 4. The van der Waals surface area contributed by atoms with Crippen LogP contribution in [0.15, 0.2) is 12.2 Å². The van der Waals surface area contributed by atoms with Gasteiger partial charge in [0, 0.05) is 6.54 Å². The van der Waals surface area contributed by atoms with E-state index in [1.54, 1.807) is 13.8 Å². The summed E-state index contributed by atoms with van der Waals surface area (Å²) in [7, 11) is 0. The normalized spacial score (nSPS) is 17.4. The summed E-state index contributed by atoms with van der Waals surface area (Å²) < 4.78 is 0. The SMILES string of the molecule is CCCCCCCC/C=C\CCCCCCCCNC(C)C(=O)NC(C)C(=O)N1CCCC1C(=O)O. The summed E-state index contributed by atoms with van der Waals surface area (Å²) in [5.74, 6) is -1.54. The largest absolute Gasteiger partial charge is 0.480 e. The Labute approximate surface area is 219 Å². The van der Waals surface area contributed by atoms with Gasteiger partial charge in [-0.15, -0.1) is 0 Å². The Morgan fingerprint density at radius 1 is 0.861 bits per heavy atom. The first kappa shape index (κ1) is 32.1. The zero-order chi connectivity index (χ0) is 26.6. The lowest BCUT2D eigenvalue weighted by molar-refractivity contribution is -0.149. The van der Waals surface area contributed by atoms with Crippen molar-refractivity contribution in [1.82, 2.24) is 15.5 Å². The van der Waals surface area contributed by atoms with E-state index in [0.717, 1.165) is 19.4 Å². The van der Waals surface area contributed by atoms with Gasteiger partial charge in [-0.1, -0.05) is 76.9 Å². The van der Waals surface area contributed by atoms with Gasteiger partial charge >= 0.3 is 5.97 Å². The van der Waals surface area contributed by atoms with Crippen LogP contribution in [0.4, 0.5) is 0 Å². The molecule has 0 radical (unpaired) electrons. The highest BCUT2D eigenvalue weighted by atomic mass is 16.4. The Morgan fingerprint density at radius 2 is 1.42 bits per heavy atom. The molecule has 0 aromatic carbocycles. The van der Waals surface area contributed by atoms with Gasteiger partial charge in [0.25, 0.3) is 0 Å². The fourth-order valence-electron chi connectivity index (χ4n) is 4.72. The van der Waals surface area contributed by atoms with Crippen molar-refractivity contribution in [2.24, 2.45) is 0 Å². The summed E-state index contributed by atoms with van der Waals surface area (Å²) >= 11 is 0. The molecule has 2 amide bonds. The number of likely N-dealkylation sites (tertiary alicyclic amines) is 1. The lowest BCUT2D eigenvalue weighted by Gasteiger charge is -2.26. The summed E-state index contributed by atoms with van der Waals surface area (Å²) in [5.41, 5.74) is 0. The number of rotatable bonds is 21. The molecule has 1 fully saturated rings. The van der Waals surface area contributed by atoms with Crippen LogP contribution < -0.4 is 10.6 Å². The van der Waals surface area contributed by atoms with E-state index >= 15 is 0 Å². The van der Waals surface area contributed by atoms with Crippen LogP contribution in [0.3, 0.4) is 0 Å². The number of carboxylic acid groups (broad SMARTS) is 1. The van der Waals surface area contributed by atoms with Gasteiger partial charge in [0.1, 0.15) is 12.1 Å². The zero-order valence-electron chi connectivity index (χ0n) is 23.2. The molecule has 7 heteroatoms. The van der Waals surface area contributed by atoms with Crippen LogP contribution in [-0.2, 0) is 14.4 Å². The first-order chi connectivity index (χ1) is 17.4. The first-order valence-electron chi connectivity index (χ1n) is 14.6. The van der Waals surface area contributed by atoms with E-state index in [1.165, 1.54) is 81.9 Å². The van der Waals surface area contributed by atoms with Crippen LogP contribution >= 0.6 is 0 Å². The summed E-state index contributed by atoms with van der Waals surface area (Å²) in [4.78, 5) is 37.7. The average molecular weight is 508 g/mol. The van der Waals surface area contributed by atoms with Crippen LogP contribution in [0.1, 0.15) is 124 Å². The summed E-state index contributed by atoms with van der Waals surface area (Å²) in [6.45, 7) is 6.87. The van der Waals surface area contributed by atoms with Gasteiger partial charge in [-0.3, -0.25) is 9.59 Å². The van der Waals surface area contributed by atoms with E-state index in [-0.39, 0.29) is 11.8 Å². The molecule has 7 nitrogen and oxygen atoms in total. The molecule has 0 aliphatic carbocycles. The highest BCUT2D eigenvalue weighted by Crippen LogP contribution is 2.18. The topological polar surface area (TPSA) is 98.7 Å². The Hall–Kier alpha value is -1.89. The zero-order valence-corrected chi connectivity index (χ0v) is 23.2. The number of carbonyl (C=O) groups excluding carboxylic acids is 2. The molecule has 1 saturated heterocycles. The van der Waals surface area contributed by atoms with Gasteiger partial charge < -0.3 is 20.6 Å². The van der Waals surface area contributed by atoms with E-state index in [0.29, 0.717) is 19.4 Å². The molecule has 1 aliphatic rings. The van der Waals surface area contributed by atoms with Crippen LogP contribution in [-0.4, -0.2) is 59.0 Å². The number of unbranched alkanes of at least 4 members (excludes halogenated alkanes) is 12. The fraction of sp³-hybridized carbons (Fsp3) is 0.828. The quantitative estimate of drug-likeness (QED) is 0.139. The molecule has 0 spiro atoms. The molecule has 0 aromatic heterocycles. The smallest absolute Gasteiger partial charge is 0.326 e. The number of allylic oxidation sites excluding steroid dienone is 2. The third kappa shape index (κ3) is 14.0. The minimum atomic E-state index is -0.981. The molecule has 1 aliphatic heterocycles. The van der Waals surface area contributed by atoms with Crippen molar-refractivity contribution in [3.8, 4) is 0 Å². The number of hydrogen-bond donors (Lipinski definition) is 3. The van der Waals surface area contributed by atoms with Crippen molar-refractivity contribution in [3.05, 3.63) is 12.2 Å². The van der Waals surface area contributed by atoms with Crippen molar-refractivity contribution < 1.29 is 19.5 Å². The molecule has 0 aromatic rings. The Bertz CT molecular complexity index is 652. The standard InChI is InChI=1S/C29H53N3O4/c1-4-5-6-7-8-9-10-11-12-13-14-15-16-17-18-19-22-30-24(2)27(33)31-25(3)28(34)32-23-20-21-26(32)29(35)36/h11-12,24-26,30H,4-10,13-23H2,1-3H3,(H,31,33)(H,35,36)/b12-11-. The Kier molecular flexibility index (Phi) is 18.0. The Morgan fingerprint density at radius 3 is 2.00 bits per heavy atom. The maximum absolute atomic E-state index is 12.6. The van der Waals surface area contributed by atoms with Crippen molar-refractivity contribution in [2.45, 2.75) is 142 Å². The third-order valence-electron chi connectivity index (χ3n) is 7.08. The van der Waals surface area contributed by atoms with Crippen LogP contribution in [0.25, 0.3) is 0 Å². The van der Waals surface area contributed by atoms with Crippen LogP contribution in [0.2, 0.25) is 0 Å². The van der Waals surface area contributed by atoms with Gasteiger partial charge in [-0.05, 0) is 65.3 Å². The lowest BCUT2D eigenvalue weighted by Crippen LogP contribution is -2.53. The van der Waals surface area contributed by atoms with E-state index in [1.807, 2.05) is 0 Å². The van der Waals surface area contributed by atoms with E-state index in [2.05, 4.69) is 29.7 Å².